The summed E-state index contributed by atoms with van der Waals surface area (Å²) in [4.78, 5) is 11.5. The number of nitrogens with one attached hydrogen (secondary N) is 1. The predicted molar refractivity (Wildman–Crippen MR) is 252 cm³/mol. The van der Waals surface area contributed by atoms with Crippen LogP contribution in [0.4, 0.5) is 10.5 Å². The van der Waals surface area contributed by atoms with Gasteiger partial charge in [0.15, 0.2) is 0 Å². The van der Waals surface area contributed by atoms with Crippen LogP contribution in [0.1, 0.15) is 74.3 Å². The van der Waals surface area contributed by atoms with Crippen molar-refractivity contribution >= 4 is 46.0 Å². The standard InChI is InChI=1S/C46H74BClN2O15S/c1-43(2,3)63-42(51)49-15-17-54-18-19-55-20-21-56-22-23-57-24-25-58-26-27-59-28-29-60-30-31-61-32-33-62-40-35-38(48)37(47-64-45(6,7)46(8,9)65-47)34-41(40)66(52,53)50-16-14-44(4,5)36-12-10-11-13-39(36)50/h10-13,34-35H,14-33H2,1-9H3,(H,49,51). The molecular weight excluding hydrogens is 899 g/mol. The molecule has 4 rings (SSSR count). The Bertz CT molecular complexity index is 1870. The van der Waals surface area contributed by atoms with Gasteiger partial charge in [-0.1, -0.05) is 43.6 Å². The smallest absolute Gasteiger partial charge is 0.490 e. The van der Waals surface area contributed by atoms with Crippen LogP contribution in [0.3, 0.4) is 0 Å². The number of benzene rings is 2. The van der Waals surface area contributed by atoms with Gasteiger partial charge in [-0.05, 0) is 84.1 Å². The van der Waals surface area contributed by atoms with E-state index in [4.69, 9.17) is 68.3 Å². The van der Waals surface area contributed by atoms with Crippen LogP contribution < -0.4 is 19.8 Å². The van der Waals surface area contributed by atoms with Gasteiger partial charge in [0.05, 0.1) is 123 Å². The fourth-order valence-corrected chi connectivity index (χ4v) is 8.55. The number of carbonyl (C=O) groups excluding carboxylic acids is 1. The number of anilines is 1. The van der Waals surface area contributed by atoms with Crippen molar-refractivity contribution in [3.05, 3.63) is 47.0 Å². The fourth-order valence-electron chi connectivity index (χ4n) is 6.68. The van der Waals surface area contributed by atoms with E-state index in [1.165, 1.54) is 16.4 Å². The first kappa shape index (κ1) is 55.8. The first-order valence-corrected chi connectivity index (χ1v) is 24.6. The number of amides is 1. The molecule has 1 saturated heterocycles. The van der Waals surface area contributed by atoms with E-state index in [1.54, 1.807) is 0 Å². The number of carbonyl (C=O) groups is 1. The van der Waals surface area contributed by atoms with Gasteiger partial charge >= 0.3 is 13.2 Å². The lowest BCUT2D eigenvalue weighted by Crippen LogP contribution is -2.42. The highest BCUT2D eigenvalue weighted by Gasteiger charge is 2.53. The van der Waals surface area contributed by atoms with Gasteiger partial charge in [-0.2, -0.15) is 0 Å². The Hall–Kier alpha value is -2.79. The SMILES string of the molecule is CC(C)(C)OC(=O)NCCOCCOCCOCCOCCOCCOCCOCCOCCOc1cc(Cl)c(B2OC(C)(C)C(C)(C)O2)cc1S(=O)(=O)N1CCC(C)(C)c2ccccc21. The normalized spacial score (nSPS) is 16.6. The van der Waals surface area contributed by atoms with E-state index in [1.807, 2.05) is 72.7 Å². The van der Waals surface area contributed by atoms with Gasteiger partial charge in [0.1, 0.15) is 22.9 Å². The van der Waals surface area contributed by atoms with Crippen molar-refractivity contribution in [3.63, 3.8) is 0 Å². The van der Waals surface area contributed by atoms with E-state index in [0.29, 0.717) is 130 Å². The number of rotatable bonds is 31. The van der Waals surface area contributed by atoms with Crippen LogP contribution in [0.5, 0.6) is 5.75 Å². The molecule has 2 heterocycles. The van der Waals surface area contributed by atoms with Crippen molar-refractivity contribution in [3.8, 4) is 5.75 Å². The molecule has 17 nitrogen and oxygen atoms in total. The number of halogens is 1. The molecule has 66 heavy (non-hydrogen) atoms. The van der Waals surface area contributed by atoms with Gasteiger partial charge < -0.3 is 62.0 Å². The van der Waals surface area contributed by atoms with Crippen LogP contribution in [-0.4, -0.2) is 164 Å². The molecule has 0 aliphatic carbocycles. The molecule has 0 radical (unpaired) electrons. The predicted octanol–water partition coefficient (Wildman–Crippen LogP) is 5.55. The molecule has 2 aliphatic heterocycles. The summed E-state index contributed by atoms with van der Waals surface area (Å²) in [5.74, 6) is 0.114. The second-order valence-corrected chi connectivity index (χ2v) is 20.6. The second-order valence-electron chi connectivity index (χ2n) is 18.3. The molecule has 0 unspecified atom stereocenters. The van der Waals surface area contributed by atoms with E-state index in [9.17, 15) is 13.2 Å². The molecule has 1 amide bonds. The topological polar surface area (TPSA) is 177 Å². The van der Waals surface area contributed by atoms with Crippen molar-refractivity contribution in [2.45, 2.75) is 95.8 Å². The third-order valence-electron chi connectivity index (χ3n) is 11.0. The number of hydrogen-bond donors (Lipinski definition) is 1. The summed E-state index contributed by atoms with van der Waals surface area (Å²) in [6.07, 6.45) is 0.176. The minimum absolute atomic E-state index is 0.0301. The number of hydrogen-bond acceptors (Lipinski definition) is 15. The van der Waals surface area contributed by atoms with E-state index >= 15 is 0 Å². The molecule has 20 heteroatoms. The summed E-state index contributed by atoms with van der Waals surface area (Å²) in [5, 5.41) is 2.89. The molecule has 1 fully saturated rings. The van der Waals surface area contributed by atoms with Crippen molar-refractivity contribution in [2.75, 3.05) is 130 Å². The van der Waals surface area contributed by atoms with E-state index < -0.39 is 40.0 Å². The van der Waals surface area contributed by atoms with Gasteiger partial charge in [-0.3, -0.25) is 4.31 Å². The van der Waals surface area contributed by atoms with Crippen molar-refractivity contribution < 1.29 is 69.9 Å². The van der Waals surface area contributed by atoms with Crippen LogP contribution in [0.25, 0.3) is 0 Å². The highest BCUT2D eigenvalue weighted by Crippen LogP contribution is 2.43. The number of fused-ring (bicyclic) bond motifs is 1. The summed E-state index contributed by atoms with van der Waals surface area (Å²) in [6, 6.07) is 10.6. The highest BCUT2D eigenvalue weighted by atomic mass is 35.5. The maximum absolute atomic E-state index is 14.6. The molecular formula is C46H74BClN2O15S. The fraction of sp³-hybridized carbons (Fsp3) is 0.717. The molecule has 2 aliphatic rings. The van der Waals surface area contributed by atoms with Crippen LogP contribution >= 0.6 is 11.6 Å². The number of para-hydroxylation sites is 1. The van der Waals surface area contributed by atoms with Gasteiger partial charge in [0.25, 0.3) is 10.0 Å². The lowest BCUT2D eigenvalue weighted by molar-refractivity contribution is -0.0236. The molecule has 0 saturated carbocycles. The van der Waals surface area contributed by atoms with Gasteiger partial charge in [0.2, 0.25) is 0 Å². The van der Waals surface area contributed by atoms with Crippen LogP contribution in [0, 0.1) is 0 Å². The first-order valence-electron chi connectivity index (χ1n) is 22.8. The van der Waals surface area contributed by atoms with Crippen molar-refractivity contribution in [1.82, 2.24) is 5.32 Å². The van der Waals surface area contributed by atoms with E-state index in [-0.39, 0.29) is 34.3 Å². The molecule has 374 valence electrons. The van der Waals surface area contributed by atoms with Crippen LogP contribution in [0.2, 0.25) is 5.02 Å². The van der Waals surface area contributed by atoms with Crippen molar-refractivity contribution in [2.24, 2.45) is 0 Å². The largest absolute Gasteiger partial charge is 0.496 e. The zero-order valence-electron chi connectivity index (χ0n) is 40.5. The molecule has 0 bridgehead atoms. The van der Waals surface area contributed by atoms with E-state index in [2.05, 4.69) is 19.2 Å². The average molecular weight is 973 g/mol. The Morgan fingerprint density at radius 3 is 1.61 bits per heavy atom. The number of ether oxygens (including phenoxy) is 10. The third-order valence-corrected chi connectivity index (χ3v) is 13.1. The lowest BCUT2D eigenvalue weighted by atomic mass is 9.78. The van der Waals surface area contributed by atoms with Crippen LogP contribution in [-0.2, 0) is 67.4 Å². The first-order chi connectivity index (χ1) is 31.3. The number of sulfonamides is 1. The Balaban J connectivity index is 1.03. The van der Waals surface area contributed by atoms with Crippen molar-refractivity contribution in [1.29, 1.82) is 0 Å². The third kappa shape index (κ3) is 17.9. The maximum Gasteiger partial charge on any atom is 0.496 e. The lowest BCUT2D eigenvalue weighted by Gasteiger charge is -2.39. The van der Waals surface area contributed by atoms with Gasteiger partial charge in [-0.15, -0.1) is 0 Å². The maximum atomic E-state index is 14.6. The van der Waals surface area contributed by atoms with Gasteiger partial charge in [0, 0.05) is 23.6 Å². The second kappa shape index (κ2) is 26.8. The minimum atomic E-state index is -4.13. The molecule has 2 aromatic rings. The molecule has 0 spiro atoms. The number of alkyl carbamates (subject to hydrolysis) is 1. The molecule has 0 atom stereocenters. The summed E-state index contributed by atoms with van der Waals surface area (Å²) >= 11 is 6.81. The zero-order valence-corrected chi connectivity index (χ0v) is 42.1. The average Bonchev–Trinajstić information content (AvgIpc) is 3.46. The summed E-state index contributed by atoms with van der Waals surface area (Å²) in [6.45, 7) is 24.6. The summed E-state index contributed by atoms with van der Waals surface area (Å²) in [7, 11) is -5.01. The van der Waals surface area contributed by atoms with Crippen LogP contribution in [0.15, 0.2) is 41.3 Å². The summed E-state index contributed by atoms with van der Waals surface area (Å²) < 4.78 is 98.8. The molecule has 1 N–H and O–H groups in total. The Morgan fingerprint density at radius 2 is 1.14 bits per heavy atom. The number of nitrogens with zero attached hydrogens (tertiary/aromatic N) is 1. The Kier molecular flexibility index (Phi) is 22.7. The monoisotopic (exact) mass is 972 g/mol. The quantitative estimate of drug-likeness (QED) is 0.0735. The highest BCUT2D eigenvalue weighted by molar-refractivity contribution is 7.93. The van der Waals surface area contributed by atoms with Gasteiger partial charge in [-0.25, -0.2) is 13.2 Å². The Labute approximate surface area is 398 Å². The minimum Gasteiger partial charge on any atom is -0.490 e. The molecule has 0 aromatic heterocycles. The Morgan fingerprint density at radius 1 is 0.697 bits per heavy atom. The molecule has 2 aromatic carbocycles. The summed E-state index contributed by atoms with van der Waals surface area (Å²) in [5.41, 5.74) is -0.0377. The van der Waals surface area contributed by atoms with E-state index in [0.717, 1.165) is 5.56 Å². The zero-order chi connectivity index (χ0) is 48.3.